The van der Waals surface area contributed by atoms with Gasteiger partial charge in [0.2, 0.25) is 11.8 Å². The zero-order valence-corrected chi connectivity index (χ0v) is 15.9. The second-order valence-corrected chi connectivity index (χ2v) is 7.40. The smallest absolute Gasteiger partial charge is 0.238 e. The molecule has 6 heteroatoms. The van der Waals surface area contributed by atoms with Crippen LogP contribution in [0, 0.1) is 5.92 Å². The van der Waals surface area contributed by atoms with Gasteiger partial charge in [-0.3, -0.25) is 14.5 Å². The molecule has 1 aliphatic rings. The monoisotopic (exact) mass is 370 g/mol. The number of nitrogens with one attached hydrogen (secondary N) is 1. The summed E-state index contributed by atoms with van der Waals surface area (Å²) in [5, 5.41) is 2.76. The van der Waals surface area contributed by atoms with Gasteiger partial charge in [-0.2, -0.15) is 0 Å². The van der Waals surface area contributed by atoms with Gasteiger partial charge in [0.05, 0.1) is 18.6 Å². The molecule has 1 fully saturated rings. The fourth-order valence-corrected chi connectivity index (χ4v) is 4.05. The van der Waals surface area contributed by atoms with Crippen LogP contribution >= 0.6 is 11.8 Å². The minimum atomic E-state index is -0.220. The zero-order chi connectivity index (χ0) is 18.7. The quantitative estimate of drug-likeness (QED) is 0.862. The molecule has 2 aromatic rings. The first-order valence-electron chi connectivity index (χ1n) is 8.49. The second kappa shape index (κ2) is 7.83. The van der Waals surface area contributed by atoms with Crippen LogP contribution in [-0.4, -0.2) is 24.7 Å². The molecule has 0 saturated carbocycles. The molecule has 2 amide bonds. The maximum absolute atomic E-state index is 12.6. The van der Waals surface area contributed by atoms with E-state index in [1.165, 1.54) is 0 Å². The molecule has 1 N–H and O–H groups in total. The first-order chi connectivity index (χ1) is 12.5. The first-order valence-corrected chi connectivity index (χ1v) is 9.54. The molecular formula is C20H22N2O3S. The number of rotatable bonds is 5. The third kappa shape index (κ3) is 3.55. The fourth-order valence-electron chi connectivity index (χ4n) is 2.85. The van der Waals surface area contributed by atoms with Gasteiger partial charge in [0, 0.05) is 17.2 Å². The van der Waals surface area contributed by atoms with Gasteiger partial charge in [0.1, 0.15) is 11.1 Å². The van der Waals surface area contributed by atoms with Crippen molar-refractivity contribution in [2.75, 3.05) is 23.1 Å². The van der Waals surface area contributed by atoms with Crippen LogP contribution in [0.25, 0.3) is 0 Å². The van der Waals surface area contributed by atoms with Crippen molar-refractivity contribution in [1.29, 1.82) is 0 Å². The Labute approximate surface area is 157 Å². The molecule has 0 bridgehead atoms. The van der Waals surface area contributed by atoms with Gasteiger partial charge in [-0.25, -0.2) is 0 Å². The van der Waals surface area contributed by atoms with Crippen LogP contribution in [0.3, 0.4) is 0 Å². The molecule has 5 nitrogen and oxygen atoms in total. The first kappa shape index (κ1) is 18.3. The van der Waals surface area contributed by atoms with Crippen molar-refractivity contribution in [3.63, 3.8) is 0 Å². The predicted molar refractivity (Wildman–Crippen MR) is 106 cm³/mol. The van der Waals surface area contributed by atoms with Crippen molar-refractivity contribution >= 4 is 35.0 Å². The molecule has 0 aromatic heterocycles. The third-order valence-corrected chi connectivity index (χ3v) is 5.42. The molecule has 1 aliphatic heterocycles. The van der Waals surface area contributed by atoms with Gasteiger partial charge in [-0.1, -0.05) is 44.2 Å². The highest BCUT2D eigenvalue weighted by atomic mass is 32.2. The van der Waals surface area contributed by atoms with Crippen LogP contribution in [0.1, 0.15) is 24.8 Å². The van der Waals surface area contributed by atoms with Crippen LogP contribution in [0.5, 0.6) is 5.75 Å². The van der Waals surface area contributed by atoms with Gasteiger partial charge in [-0.15, -0.1) is 11.8 Å². The number of nitrogens with zero attached hydrogens (tertiary/aromatic N) is 1. The largest absolute Gasteiger partial charge is 0.495 e. The molecule has 0 spiro atoms. The van der Waals surface area contributed by atoms with E-state index in [1.807, 2.05) is 62.4 Å². The summed E-state index contributed by atoms with van der Waals surface area (Å²) in [5.41, 5.74) is 2.38. The Bertz CT molecular complexity index is 822. The second-order valence-electron chi connectivity index (χ2n) is 6.33. The van der Waals surface area contributed by atoms with Crippen molar-refractivity contribution in [2.45, 2.75) is 19.2 Å². The maximum Gasteiger partial charge on any atom is 0.238 e. The lowest BCUT2D eigenvalue weighted by atomic mass is 10.1. The van der Waals surface area contributed by atoms with Crippen molar-refractivity contribution in [1.82, 2.24) is 0 Å². The van der Waals surface area contributed by atoms with Gasteiger partial charge in [0.15, 0.2) is 0 Å². The minimum Gasteiger partial charge on any atom is -0.495 e. The highest BCUT2D eigenvalue weighted by Crippen LogP contribution is 2.46. The lowest BCUT2D eigenvalue weighted by Crippen LogP contribution is -2.29. The molecule has 0 radical (unpaired) electrons. The van der Waals surface area contributed by atoms with Crippen LogP contribution < -0.4 is 15.0 Å². The van der Waals surface area contributed by atoms with Crippen LogP contribution in [0.4, 0.5) is 11.4 Å². The Kier molecular flexibility index (Phi) is 5.52. The van der Waals surface area contributed by atoms with Gasteiger partial charge >= 0.3 is 0 Å². The number of thioether (sulfide) groups is 1. The van der Waals surface area contributed by atoms with Crippen LogP contribution in [0.15, 0.2) is 48.5 Å². The number of para-hydroxylation sites is 3. The molecule has 3 rings (SSSR count). The Morgan fingerprint density at radius 1 is 1.19 bits per heavy atom. The van der Waals surface area contributed by atoms with E-state index in [0.29, 0.717) is 11.5 Å². The van der Waals surface area contributed by atoms with E-state index in [1.54, 1.807) is 23.8 Å². The summed E-state index contributed by atoms with van der Waals surface area (Å²) < 4.78 is 5.44. The maximum atomic E-state index is 12.6. The Morgan fingerprint density at radius 2 is 1.88 bits per heavy atom. The van der Waals surface area contributed by atoms with E-state index in [-0.39, 0.29) is 23.1 Å². The molecule has 1 heterocycles. The summed E-state index contributed by atoms with van der Waals surface area (Å²) in [6.45, 7) is 3.71. The number of amides is 2. The average molecular weight is 370 g/mol. The average Bonchev–Trinajstić information content (AvgIpc) is 3.03. The summed E-state index contributed by atoms with van der Waals surface area (Å²) in [7, 11) is 1.60. The van der Waals surface area contributed by atoms with E-state index in [0.717, 1.165) is 16.9 Å². The number of methoxy groups -OCH3 is 1. The highest BCUT2D eigenvalue weighted by Gasteiger charge is 2.36. The minimum absolute atomic E-state index is 0.0227. The van der Waals surface area contributed by atoms with Crippen molar-refractivity contribution in [3.8, 4) is 5.75 Å². The normalized spacial score (nSPS) is 16.8. The number of hydrogen-bond acceptors (Lipinski definition) is 4. The number of carbonyl (C=O) groups is 2. The molecule has 0 aliphatic carbocycles. The molecule has 136 valence electrons. The summed E-state index contributed by atoms with van der Waals surface area (Å²) in [6, 6.07) is 15.1. The number of anilines is 2. The van der Waals surface area contributed by atoms with Gasteiger partial charge in [-0.05, 0) is 18.2 Å². The number of hydrogen-bond donors (Lipinski definition) is 1. The molecule has 2 aromatic carbocycles. The van der Waals surface area contributed by atoms with E-state index in [9.17, 15) is 9.59 Å². The van der Waals surface area contributed by atoms with Gasteiger partial charge < -0.3 is 10.1 Å². The lowest BCUT2D eigenvalue weighted by Gasteiger charge is -2.27. The lowest BCUT2D eigenvalue weighted by molar-refractivity contribution is -0.119. The Hall–Kier alpha value is -2.47. The fraction of sp³-hybridized carbons (Fsp3) is 0.300. The van der Waals surface area contributed by atoms with E-state index in [4.69, 9.17) is 4.74 Å². The van der Waals surface area contributed by atoms with Gasteiger partial charge in [0.25, 0.3) is 0 Å². The molecule has 1 saturated heterocycles. The van der Waals surface area contributed by atoms with Crippen molar-refractivity contribution in [2.24, 2.45) is 5.92 Å². The van der Waals surface area contributed by atoms with Crippen LogP contribution in [-0.2, 0) is 9.59 Å². The van der Waals surface area contributed by atoms with Crippen molar-refractivity contribution < 1.29 is 14.3 Å². The molecular weight excluding hydrogens is 348 g/mol. The van der Waals surface area contributed by atoms with E-state index in [2.05, 4.69) is 5.32 Å². The SMILES string of the molecule is COc1ccccc1N1C(=O)CSC1c1ccccc1NC(=O)C(C)C. The van der Waals surface area contributed by atoms with E-state index < -0.39 is 0 Å². The Balaban J connectivity index is 2.01. The molecule has 1 unspecified atom stereocenters. The Morgan fingerprint density at radius 3 is 2.62 bits per heavy atom. The third-order valence-electron chi connectivity index (χ3n) is 4.22. The summed E-state index contributed by atoms with van der Waals surface area (Å²) in [6.07, 6.45) is 0. The highest BCUT2D eigenvalue weighted by molar-refractivity contribution is 8.00. The topological polar surface area (TPSA) is 58.6 Å². The number of benzene rings is 2. The standard InChI is InChI=1S/C20H22N2O3S/c1-13(2)19(24)21-15-9-5-4-8-14(15)20-22(18(23)12-26-20)16-10-6-7-11-17(16)25-3/h4-11,13,20H,12H2,1-3H3,(H,21,24). The molecule has 26 heavy (non-hydrogen) atoms. The summed E-state index contributed by atoms with van der Waals surface area (Å²) in [5.74, 6) is 0.892. The number of carbonyl (C=O) groups excluding carboxylic acids is 2. The summed E-state index contributed by atoms with van der Waals surface area (Å²) in [4.78, 5) is 26.6. The zero-order valence-electron chi connectivity index (χ0n) is 15.1. The number of ether oxygens (including phenoxy) is 1. The molecule has 1 atom stereocenters. The predicted octanol–water partition coefficient (Wildman–Crippen LogP) is 4.07. The summed E-state index contributed by atoms with van der Waals surface area (Å²) >= 11 is 1.54. The van der Waals surface area contributed by atoms with E-state index >= 15 is 0 Å². The van der Waals surface area contributed by atoms with Crippen LogP contribution in [0.2, 0.25) is 0 Å². The van der Waals surface area contributed by atoms with Crippen molar-refractivity contribution in [3.05, 3.63) is 54.1 Å².